The third kappa shape index (κ3) is 7.18. The van der Waals surface area contributed by atoms with Crippen LogP contribution in [0.1, 0.15) is 114 Å². The minimum atomic E-state index is 0.637. The number of nitrogens with zero attached hydrogens (tertiary/aromatic N) is 3. The van der Waals surface area contributed by atoms with Gasteiger partial charge in [-0.3, -0.25) is 4.98 Å². The van der Waals surface area contributed by atoms with Crippen molar-refractivity contribution in [2.24, 2.45) is 5.92 Å². The number of pyridine rings is 1. The summed E-state index contributed by atoms with van der Waals surface area (Å²) in [6.45, 7) is 4.57. The molecule has 30 heavy (non-hydrogen) atoms. The van der Waals surface area contributed by atoms with Gasteiger partial charge < -0.3 is 0 Å². The van der Waals surface area contributed by atoms with E-state index in [-0.39, 0.29) is 0 Å². The molecule has 2 heterocycles. The molecule has 0 aromatic carbocycles. The lowest BCUT2D eigenvalue weighted by atomic mass is 9.78. The minimum absolute atomic E-state index is 0.637. The maximum Gasteiger partial charge on any atom is 0.160 e. The number of aromatic nitrogens is 3. The quantitative estimate of drug-likeness (QED) is 0.335. The molecule has 0 amide bonds. The van der Waals surface area contributed by atoms with E-state index in [0.717, 1.165) is 23.7 Å². The molecule has 1 aliphatic carbocycles. The van der Waals surface area contributed by atoms with Crippen LogP contribution in [0.15, 0.2) is 30.7 Å². The summed E-state index contributed by atoms with van der Waals surface area (Å²) in [6.07, 6.45) is 24.5. The first kappa shape index (κ1) is 22.9. The summed E-state index contributed by atoms with van der Waals surface area (Å²) >= 11 is 0. The minimum Gasteiger partial charge on any atom is -0.260 e. The first-order chi connectivity index (χ1) is 14.8. The Labute approximate surface area is 184 Å². The van der Waals surface area contributed by atoms with Gasteiger partial charge in [-0.2, -0.15) is 0 Å². The van der Waals surface area contributed by atoms with Gasteiger partial charge in [-0.15, -0.1) is 0 Å². The van der Waals surface area contributed by atoms with Crippen molar-refractivity contribution in [1.29, 1.82) is 0 Å². The highest BCUT2D eigenvalue weighted by molar-refractivity contribution is 5.53. The molecule has 2 aromatic heterocycles. The molecular formula is C27H41N3. The highest BCUT2D eigenvalue weighted by Gasteiger charge is 2.22. The average Bonchev–Trinajstić information content (AvgIpc) is 2.80. The summed E-state index contributed by atoms with van der Waals surface area (Å²) in [7, 11) is 0. The van der Waals surface area contributed by atoms with Crippen LogP contribution in [0.2, 0.25) is 0 Å². The molecule has 2 aromatic rings. The molecule has 3 heteroatoms. The van der Waals surface area contributed by atoms with Crippen molar-refractivity contribution in [1.82, 2.24) is 15.0 Å². The van der Waals surface area contributed by atoms with Gasteiger partial charge >= 0.3 is 0 Å². The van der Waals surface area contributed by atoms with Gasteiger partial charge in [0.25, 0.3) is 0 Å². The predicted molar refractivity (Wildman–Crippen MR) is 127 cm³/mol. The Bertz CT molecular complexity index is 700. The van der Waals surface area contributed by atoms with Crippen LogP contribution in [0, 0.1) is 5.92 Å². The molecule has 1 aliphatic rings. The molecule has 0 unspecified atom stereocenters. The second-order valence-corrected chi connectivity index (χ2v) is 9.26. The van der Waals surface area contributed by atoms with E-state index in [0.29, 0.717) is 5.92 Å². The van der Waals surface area contributed by atoms with E-state index < -0.39 is 0 Å². The number of hydrogen-bond donors (Lipinski definition) is 0. The molecule has 0 aliphatic heterocycles. The lowest BCUT2D eigenvalue weighted by Crippen LogP contribution is -2.14. The summed E-state index contributed by atoms with van der Waals surface area (Å²) < 4.78 is 0. The zero-order valence-corrected chi connectivity index (χ0v) is 19.3. The van der Waals surface area contributed by atoms with Crippen LogP contribution >= 0.6 is 0 Å². The third-order valence-corrected chi connectivity index (χ3v) is 6.78. The fourth-order valence-electron chi connectivity index (χ4n) is 4.85. The van der Waals surface area contributed by atoms with E-state index in [1.54, 1.807) is 0 Å². The van der Waals surface area contributed by atoms with Crippen LogP contribution in [-0.4, -0.2) is 15.0 Å². The summed E-state index contributed by atoms with van der Waals surface area (Å²) in [6, 6.07) is 4.36. The number of rotatable bonds is 12. The lowest BCUT2D eigenvalue weighted by molar-refractivity contribution is 0.305. The number of unbranched alkanes of at least 4 members (excludes halogenated alkanes) is 6. The molecule has 3 rings (SSSR count). The van der Waals surface area contributed by atoms with Crippen LogP contribution in [-0.2, 0) is 6.42 Å². The Hall–Kier alpha value is -1.77. The van der Waals surface area contributed by atoms with Crippen LogP contribution in [0.4, 0.5) is 0 Å². The molecular weight excluding hydrogens is 366 g/mol. The van der Waals surface area contributed by atoms with Crippen molar-refractivity contribution in [3.05, 3.63) is 42.0 Å². The number of aryl methyl sites for hydroxylation is 1. The average molecular weight is 408 g/mol. The van der Waals surface area contributed by atoms with Crippen LogP contribution in [0.3, 0.4) is 0 Å². The van der Waals surface area contributed by atoms with Gasteiger partial charge in [-0.1, -0.05) is 65.2 Å². The SMILES string of the molecule is CCCCCCCCCc1cnc(-c2ccc(C3CCC(CCC)CC3)nc2)nc1. The van der Waals surface area contributed by atoms with E-state index in [9.17, 15) is 0 Å². The van der Waals surface area contributed by atoms with Gasteiger partial charge in [0.1, 0.15) is 0 Å². The molecule has 3 nitrogen and oxygen atoms in total. The zero-order valence-electron chi connectivity index (χ0n) is 19.3. The maximum absolute atomic E-state index is 4.78. The molecule has 0 radical (unpaired) electrons. The topological polar surface area (TPSA) is 38.7 Å². The Balaban J connectivity index is 1.44. The van der Waals surface area contributed by atoms with Gasteiger partial charge in [0.2, 0.25) is 0 Å². The van der Waals surface area contributed by atoms with Gasteiger partial charge in [0, 0.05) is 35.8 Å². The highest BCUT2D eigenvalue weighted by atomic mass is 14.9. The van der Waals surface area contributed by atoms with Gasteiger partial charge in [0.05, 0.1) is 0 Å². The van der Waals surface area contributed by atoms with Gasteiger partial charge in [-0.25, -0.2) is 9.97 Å². The second-order valence-electron chi connectivity index (χ2n) is 9.26. The van der Waals surface area contributed by atoms with E-state index in [2.05, 4.69) is 35.9 Å². The third-order valence-electron chi connectivity index (χ3n) is 6.78. The standard InChI is InChI=1S/C27H41N3/c1-3-5-6-7-8-9-10-12-23-19-29-27(30-20-23)25-17-18-26(28-21-25)24-15-13-22(11-4-2)14-16-24/h17-22,24H,3-16H2,1-2H3. The molecule has 0 bridgehead atoms. The molecule has 0 atom stereocenters. The summed E-state index contributed by atoms with van der Waals surface area (Å²) in [5, 5.41) is 0. The summed E-state index contributed by atoms with van der Waals surface area (Å²) in [5.41, 5.74) is 3.53. The summed E-state index contributed by atoms with van der Waals surface area (Å²) in [4.78, 5) is 14.0. The predicted octanol–water partition coefficient (Wildman–Crippen LogP) is 7.91. The van der Waals surface area contributed by atoms with Gasteiger partial charge in [0.15, 0.2) is 5.82 Å². The molecule has 164 valence electrons. The molecule has 0 N–H and O–H groups in total. The van der Waals surface area contributed by atoms with E-state index in [1.165, 1.54) is 94.7 Å². The van der Waals surface area contributed by atoms with E-state index in [1.807, 2.05) is 18.6 Å². The first-order valence-corrected chi connectivity index (χ1v) is 12.6. The van der Waals surface area contributed by atoms with Crippen molar-refractivity contribution in [3.8, 4) is 11.4 Å². The fourth-order valence-corrected chi connectivity index (χ4v) is 4.85. The monoisotopic (exact) mass is 407 g/mol. The Kier molecular flexibility index (Phi) is 9.79. The van der Waals surface area contributed by atoms with Gasteiger partial charge in [-0.05, 0) is 62.1 Å². The fraction of sp³-hybridized carbons (Fsp3) is 0.667. The Morgan fingerprint density at radius 3 is 2.07 bits per heavy atom. The summed E-state index contributed by atoms with van der Waals surface area (Å²) in [5.74, 6) is 2.37. The molecule has 0 spiro atoms. The zero-order chi connectivity index (χ0) is 21.0. The van der Waals surface area contributed by atoms with Crippen molar-refractivity contribution in [2.75, 3.05) is 0 Å². The number of hydrogen-bond acceptors (Lipinski definition) is 3. The van der Waals surface area contributed by atoms with Crippen LogP contribution in [0.25, 0.3) is 11.4 Å². The largest absolute Gasteiger partial charge is 0.260 e. The Morgan fingerprint density at radius 2 is 1.43 bits per heavy atom. The highest BCUT2D eigenvalue weighted by Crippen LogP contribution is 2.36. The van der Waals surface area contributed by atoms with E-state index in [4.69, 9.17) is 4.98 Å². The van der Waals surface area contributed by atoms with Crippen molar-refractivity contribution >= 4 is 0 Å². The van der Waals surface area contributed by atoms with Crippen molar-refractivity contribution in [3.63, 3.8) is 0 Å². The Morgan fingerprint density at radius 1 is 0.733 bits per heavy atom. The van der Waals surface area contributed by atoms with Crippen LogP contribution in [0.5, 0.6) is 0 Å². The second kappa shape index (κ2) is 12.8. The molecule has 0 saturated heterocycles. The smallest absolute Gasteiger partial charge is 0.160 e. The van der Waals surface area contributed by atoms with E-state index >= 15 is 0 Å². The molecule has 1 saturated carbocycles. The lowest BCUT2D eigenvalue weighted by Gasteiger charge is -2.28. The normalized spacial score (nSPS) is 19.1. The van der Waals surface area contributed by atoms with Crippen molar-refractivity contribution in [2.45, 2.75) is 110 Å². The molecule has 1 fully saturated rings. The van der Waals surface area contributed by atoms with Crippen LogP contribution < -0.4 is 0 Å². The maximum atomic E-state index is 4.78. The van der Waals surface area contributed by atoms with Crippen molar-refractivity contribution < 1.29 is 0 Å². The first-order valence-electron chi connectivity index (χ1n) is 12.6.